The highest BCUT2D eigenvalue weighted by atomic mass is 79.9. The lowest BCUT2D eigenvalue weighted by Crippen LogP contribution is -2.32. The van der Waals surface area contributed by atoms with Gasteiger partial charge in [-0.15, -0.1) is 17.0 Å². The monoisotopic (exact) mass is 448 g/mol. The van der Waals surface area contributed by atoms with Gasteiger partial charge in [-0.1, -0.05) is 57.7 Å². The van der Waals surface area contributed by atoms with Crippen LogP contribution in [0, 0.1) is 0 Å². The highest BCUT2D eigenvalue weighted by Crippen LogP contribution is 2.24. The molecule has 0 spiro atoms. The smallest absolute Gasteiger partial charge is 0.168 e. The van der Waals surface area contributed by atoms with Gasteiger partial charge in [0.25, 0.3) is 0 Å². The molecule has 2 rings (SSSR count). The van der Waals surface area contributed by atoms with Crippen molar-refractivity contribution in [3.8, 4) is 5.75 Å². The van der Waals surface area contributed by atoms with Crippen LogP contribution in [0.2, 0.25) is 0 Å². The van der Waals surface area contributed by atoms with Gasteiger partial charge in [0.05, 0.1) is 6.61 Å². The van der Waals surface area contributed by atoms with E-state index in [1.807, 2.05) is 0 Å². The van der Waals surface area contributed by atoms with Gasteiger partial charge < -0.3 is 4.74 Å². The van der Waals surface area contributed by atoms with Gasteiger partial charge in [-0.05, 0) is 49.3 Å². The second kappa shape index (κ2) is 15.6. The molecule has 0 amide bonds. The number of ether oxygens (including phenoxy) is 1. The summed E-state index contributed by atoms with van der Waals surface area (Å²) in [5.74, 6) is 1.11. The van der Waals surface area contributed by atoms with E-state index in [4.69, 9.17) is 4.74 Å². The minimum Gasteiger partial charge on any atom is -0.493 e. The van der Waals surface area contributed by atoms with Crippen molar-refractivity contribution in [2.75, 3.05) is 6.61 Å². The number of aromatic nitrogens is 1. The number of hydrogen-bond acceptors (Lipinski definition) is 1. The largest absolute Gasteiger partial charge is 0.493 e. The first-order valence-electron chi connectivity index (χ1n) is 11.0. The molecule has 0 aliphatic carbocycles. The molecule has 0 saturated carbocycles. The van der Waals surface area contributed by atoms with Crippen LogP contribution in [-0.4, -0.2) is 6.61 Å². The van der Waals surface area contributed by atoms with Crippen LogP contribution in [-0.2, 0) is 19.4 Å². The fraction of sp³-hybridized carbons (Fsp3) is 0.560. The van der Waals surface area contributed by atoms with Crippen LogP contribution in [0.1, 0.15) is 76.3 Å². The van der Waals surface area contributed by atoms with Crippen molar-refractivity contribution in [3.63, 3.8) is 0 Å². The van der Waals surface area contributed by atoms with Gasteiger partial charge in [-0.3, -0.25) is 0 Å². The molecule has 0 unspecified atom stereocenters. The number of nitrogens with zero attached hydrogens (tertiary/aromatic N) is 1. The Morgan fingerprint density at radius 2 is 1.50 bits per heavy atom. The Kier molecular flexibility index (Phi) is 13.7. The molecule has 0 fully saturated rings. The third kappa shape index (κ3) is 9.73. The van der Waals surface area contributed by atoms with E-state index in [1.165, 1.54) is 56.1 Å². The summed E-state index contributed by atoms with van der Waals surface area (Å²) in [5, 5.41) is 0. The molecule has 28 heavy (non-hydrogen) atoms. The summed E-state index contributed by atoms with van der Waals surface area (Å²) >= 11 is 0. The molecule has 3 heteroatoms. The standard InChI is InChI=1S/C25H38NO.BrH/c1-3-5-8-14-23-16-17-25(24(22-23)15-9-6-4-2)27-21-13-12-20-26-18-10-7-11-19-26;/h7,10-11,16-19,22H,3-6,8-9,12-15,20-21H2,1-2H3;1H/q+1;. The molecule has 1 aromatic carbocycles. The Morgan fingerprint density at radius 1 is 0.786 bits per heavy atom. The minimum atomic E-state index is 0. The topological polar surface area (TPSA) is 13.1 Å². The second-order valence-corrected chi connectivity index (χ2v) is 7.53. The normalized spacial score (nSPS) is 10.5. The maximum Gasteiger partial charge on any atom is 0.168 e. The minimum absolute atomic E-state index is 0. The molecule has 0 atom stereocenters. The Balaban J connectivity index is 0.00000392. The average Bonchev–Trinajstić information content (AvgIpc) is 2.70. The molecule has 1 heterocycles. The van der Waals surface area contributed by atoms with Crippen molar-refractivity contribution >= 4 is 17.0 Å². The van der Waals surface area contributed by atoms with Crippen molar-refractivity contribution < 1.29 is 9.30 Å². The number of hydrogen-bond donors (Lipinski definition) is 0. The number of unbranched alkanes of at least 4 members (excludes halogenated alkanes) is 5. The lowest BCUT2D eigenvalue weighted by atomic mass is 10.00. The van der Waals surface area contributed by atoms with Crippen molar-refractivity contribution in [2.45, 2.75) is 84.6 Å². The van der Waals surface area contributed by atoms with E-state index in [1.54, 1.807) is 0 Å². The molecule has 2 nitrogen and oxygen atoms in total. The molecule has 0 aliphatic heterocycles. The van der Waals surface area contributed by atoms with Crippen molar-refractivity contribution in [3.05, 3.63) is 59.9 Å². The Bertz CT molecular complexity index is 630. The van der Waals surface area contributed by atoms with Gasteiger partial charge in [0.15, 0.2) is 12.4 Å². The quantitative estimate of drug-likeness (QED) is 0.226. The lowest BCUT2D eigenvalue weighted by Gasteiger charge is -2.13. The summed E-state index contributed by atoms with van der Waals surface area (Å²) < 4.78 is 8.41. The number of rotatable bonds is 14. The number of benzene rings is 1. The summed E-state index contributed by atoms with van der Waals surface area (Å²) in [6.07, 6.45) is 16.6. The summed E-state index contributed by atoms with van der Waals surface area (Å²) in [6.45, 7) is 6.40. The molecule has 156 valence electrons. The fourth-order valence-corrected chi connectivity index (χ4v) is 3.43. The summed E-state index contributed by atoms with van der Waals surface area (Å²) in [4.78, 5) is 0. The lowest BCUT2D eigenvalue weighted by molar-refractivity contribution is -0.697. The predicted molar refractivity (Wildman–Crippen MR) is 125 cm³/mol. The van der Waals surface area contributed by atoms with Gasteiger partial charge in [0.2, 0.25) is 0 Å². The summed E-state index contributed by atoms with van der Waals surface area (Å²) in [6, 6.07) is 13.1. The van der Waals surface area contributed by atoms with Crippen LogP contribution in [0.5, 0.6) is 5.75 Å². The molecule has 0 aliphatic rings. The zero-order chi connectivity index (χ0) is 19.2. The second-order valence-electron chi connectivity index (χ2n) is 7.53. The van der Waals surface area contributed by atoms with Gasteiger partial charge in [0, 0.05) is 18.6 Å². The maximum atomic E-state index is 6.18. The van der Waals surface area contributed by atoms with E-state index in [0.29, 0.717) is 0 Å². The van der Waals surface area contributed by atoms with Crippen molar-refractivity contribution in [2.24, 2.45) is 0 Å². The molecule has 2 aromatic rings. The van der Waals surface area contributed by atoms with Gasteiger partial charge in [-0.2, -0.15) is 0 Å². The van der Waals surface area contributed by atoms with Crippen LogP contribution in [0.4, 0.5) is 0 Å². The maximum absolute atomic E-state index is 6.18. The van der Waals surface area contributed by atoms with Crippen LogP contribution in [0.25, 0.3) is 0 Å². The van der Waals surface area contributed by atoms with E-state index in [9.17, 15) is 0 Å². The van der Waals surface area contributed by atoms with Crippen LogP contribution in [0.3, 0.4) is 0 Å². The zero-order valence-electron chi connectivity index (χ0n) is 17.9. The summed E-state index contributed by atoms with van der Waals surface area (Å²) in [5.41, 5.74) is 2.89. The van der Waals surface area contributed by atoms with E-state index in [-0.39, 0.29) is 17.0 Å². The van der Waals surface area contributed by atoms with Crippen LogP contribution < -0.4 is 9.30 Å². The fourth-order valence-electron chi connectivity index (χ4n) is 3.43. The van der Waals surface area contributed by atoms with Crippen LogP contribution >= 0.6 is 17.0 Å². The van der Waals surface area contributed by atoms with E-state index >= 15 is 0 Å². The molecule has 0 bridgehead atoms. The third-order valence-electron chi connectivity index (χ3n) is 5.09. The molecular formula is C25H39BrNO+. The predicted octanol–water partition coefficient (Wildman–Crippen LogP) is 6.88. The first kappa shape index (κ1) is 24.7. The first-order chi connectivity index (χ1) is 13.3. The number of halogens is 1. The van der Waals surface area contributed by atoms with Crippen molar-refractivity contribution in [1.82, 2.24) is 0 Å². The number of pyridine rings is 1. The molecular weight excluding hydrogens is 410 g/mol. The zero-order valence-corrected chi connectivity index (χ0v) is 19.6. The first-order valence-corrected chi connectivity index (χ1v) is 11.0. The number of aryl methyl sites for hydroxylation is 3. The Hall–Kier alpha value is -1.35. The van der Waals surface area contributed by atoms with Crippen molar-refractivity contribution in [1.29, 1.82) is 0 Å². The third-order valence-corrected chi connectivity index (χ3v) is 5.09. The van der Waals surface area contributed by atoms with E-state index in [2.05, 4.69) is 67.2 Å². The SMILES string of the molecule is Br.CCCCCc1ccc(OCCCC[n+]2ccccc2)c(CCCCC)c1. The average molecular weight is 449 g/mol. The molecule has 0 radical (unpaired) electrons. The van der Waals surface area contributed by atoms with E-state index < -0.39 is 0 Å². The van der Waals surface area contributed by atoms with Gasteiger partial charge in [-0.25, -0.2) is 4.57 Å². The Labute approximate surface area is 183 Å². The highest BCUT2D eigenvalue weighted by molar-refractivity contribution is 8.93. The molecule has 0 saturated heterocycles. The summed E-state index contributed by atoms with van der Waals surface area (Å²) in [7, 11) is 0. The molecule has 0 N–H and O–H groups in total. The highest BCUT2D eigenvalue weighted by Gasteiger charge is 2.07. The van der Waals surface area contributed by atoms with Gasteiger partial charge >= 0.3 is 0 Å². The van der Waals surface area contributed by atoms with Crippen LogP contribution in [0.15, 0.2) is 48.8 Å². The van der Waals surface area contributed by atoms with Gasteiger partial charge in [0.1, 0.15) is 12.3 Å². The molecule has 1 aromatic heterocycles. The van der Waals surface area contributed by atoms with E-state index in [0.717, 1.165) is 38.2 Å². The Morgan fingerprint density at radius 3 is 2.21 bits per heavy atom.